The second-order valence-corrected chi connectivity index (χ2v) is 6.03. The first kappa shape index (κ1) is 20.3. The molecule has 0 bridgehead atoms. The number of nitrogens with zero attached hydrogens (tertiary/aromatic N) is 1. The highest BCUT2D eigenvalue weighted by atomic mass is 19.4. The van der Waals surface area contributed by atoms with Crippen molar-refractivity contribution >= 4 is 17.7 Å². The standard InChI is InChI=1S/C19H14F3NO6/c20-19(21,22)15-3-1-2-12(6-15)4-5-17(24)28-10-14-8-16(23(25)26)7-13-9-27-11-29-18(13)14/h1-8H,9-11H2. The second kappa shape index (κ2) is 8.31. The summed E-state index contributed by atoms with van der Waals surface area (Å²) in [5.74, 6) is -0.480. The van der Waals surface area contributed by atoms with Crippen LogP contribution in [0.5, 0.6) is 5.75 Å². The molecule has 0 amide bonds. The quantitative estimate of drug-likeness (QED) is 0.318. The summed E-state index contributed by atoms with van der Waals surface area (Å²) in [5, 5.41) is 11.1. The van der Waals surface area contributed by atoms with Gasteiger partial charge in [-0.3, -0.25) is 10.1 Å². The molecule has 0 aromatic heterocycles. The number of esters is 1. The van der Waals surface area contributed by atoms with Crippen molar-refractivity contribution in [3.05, 3.63) is 74.8 Å². The second-order valence-electron chi connectivity index (χ2n) is 6.03. The van der Waals surface area contributed by atoms with Crippen LogP contribution in [0.25, 0.3) is 6.08 Å². The van der Waals surface area contributed by atoms with E-state index in [9.17, 15) is 28.1 Å². The number of carbonyl (C=O) groups is 1. The highest BCUT2D eigenvalue weighted by Gasteiger charge is 2.30. The molecule has 1 aliphatic rings. The van der Waals surface area contributed by atoms with Crippen LogP contribution in [0, 0.1) is 10.1 Å². The number of hydrogen-bond acceptors (Lipinski definition) is 6. The van der Waals surface area contributed by atoms with Crippen LogP contribution in [0.1, 0.15) is 22.3 Å². The maximum Gasteiger partial charge on any atom is 0.416 e. The Balaban J connectivity index is 1.70. The van der Waals surface area contributed by atoms with Gasteiger partial charge in [0.2, 0.25) is 0 Å². The molecule has 7 nitrogen and oxygen atoms in total. The molecular weight excluding hydrogens is 395 g/mol. The molecule has 152 valence electrons. The predicted molar refractivity (Wildman–Crippen MR) is 93.7 cm³/mol. The Morgan fingerprint density at radius 2 is 2.07 bits per heavy atom. The lowest BCUT2D eigenvalue weighted by molar-refractivity contribution is -0.385. The number of rotatable bonds is 5. The maximum atomic E-state index is 12.7. The maximum absolute atomic E-state index is 12.7. The minimum absolute atomic E-state index is 0.0405. The number of alkyl halides is 3. The van der Waals surface area contributed by atoms with Gasteiger partial charge in [-0.25, -0.2) is 4.79 Å². The first-order valence-electron chi connectivity index (χ1n) is 8.27. The lowest BCUT2D eigenvalue weighted by atomic mass is 10.1. The van der Waals surface area contributed by atoms with Crippen LogP contribution in [-0.2, 0) is 33.7 Å². The van der Waals surface area contributed by atoms with Crippen molar-refractivity contribution in [3.8, 4) is 5.75 Å². The molecule has 0 atom stereocenters. The van der Waals surface area contributed by atoms with Gasteiger partial charge in [-0.05, 0) is 23.8 Å². The number of nitro groups is 1. The van der Waals surface area contributed by atoms with Gasteiger partial charge in [0.1, 0.15) is 12.4 Å². The topological polar surface area (TPSA) is 87.9 Å². The van der Waals surface area contributed by atoms with Gasteiger partial charge in [0.25, 0.3) is 5.69 Å². The average Bonchev–Trinajstić information content (AvgIpc) is 2.69. The van der Waals surface area contributed by atoms with E-state index in [2.05, 4.69) is 0 Å². The molecule has 1 heterocycles. The molecule has 3 rings (SSSR count). The van der Waals surface area contributed by atoms with Crippen molar-refractivity contribution in [1.82, 2.24) is 0 Å². The summed E-state index contributed by atoms with van der Waals surface area (Å²) < 4.78 is 53.6. The molecule has 0 radical (unpaired) electrons. The minimum Gasteiger partial charge on any atom is -0.467 e. The normalized spacial score (nSPS) is 13.6. The average molecular weight is 409 g/mol. The third-order valence-corrected chi connectivity index (χ3v) is 3.98. The number of carbonyl (C=O) groups excluding carboxylic acids is 1. The van der Waals surface area contributed by atoms with Crippen LogP contribution in [0.2, 0.25) is 0 Å². The Morgan fingerprint density at radius 1 is 1.28 bits per heavy atom. The van der Waals surface area contributed by atoms with Gasteiger partial charge in [0.05, 0.1) is 17.1 Å². The van der Waals surface area contributed by atoms with E-state index in [1.807, 2.05) is 0 Å². The van der Waals surface area contributed by atoms with Crippen molar-refractivity contribution in [2.24, 2.45) is 0 Å². The molecule has 29 heavy (non-hydrogen) atoms. The molecule has 0 fully saturated rings. The fourth-order valence-electron chi connectivity index (χ4n) is 2.67. The van der Waals surface area contributed by atoms with E-state index in [0.717, 1.165) is 18.2 Å². The van der Waals surface area contributed by atoms with Crippen LogP contribution in [0.4, 0.5) is 18.9 Å². The van der Waals surface area contributed by atoms with E-state index in [1.54, 1.807) is 0 Å². The van der Waals surface area contributed by atoms with Gasteiger partial charge in [-0.2, -0.15) is 13.2 Å². The summed E-state index contributed by atoms with van der Waals surface area (Å²) in [5.41, 5.74) is -0.127. The zero-order chi connectivity index (χ0) is 21.0. The Hall–Kier alpha value is -3.40. The summed E-state index contributed by atoms with van der Waals surface area (Å²) in [4.78, 5) is 22.4. The smallest absolute Gasteiger partial charge is 0.416 e. The van der Waals surface area contributed by atoms with Crippen LogP contribution in [0.3, 0.4) is 0 Å². The van der Waals surface area contributed by atoms with Crippen molar-refractivity contribution < 1.29 is 37.1 Å². The number of non-ortho nitro benzene ring substituents is 1. The summed E-state index contributed by atoms with van der Waals surface area (Å²) in [6.07, 6.45) is -2.33. The van der Waals surface area contributed by atoms with Gasteiger partial charge in [0, 0.05) is 29.3 Å². The highest BCUT2D eigenvalue weighted by Crippen LogP contribution is 2.33. The SMILES string of the molecule is O=C(C=Cc1cccc(C(F)(F)F)c1)OCc1cc([N+](=O)[O-])cc2c1OCOC2. The van der Waals surface area contributed by atoms with Crippen molar-refractivity contribution in [1.29, 1.82) is 0 Å². The molecule has 0 aliphatic carbocycles. The van der Waals surface area contributed by atoms with Crippen molar-refractivity contribution in [3.63, 3.8) is 0 Å². The number of fused-ring (bicyclic) bond motifs is 1. The summed E-state index contributed by atoms with van der Waals surface area (Å²) in [6, 6.07) is 6.99. The zero-order valence-electron chi connectivity index (χ0n) is 14.8. The molecule has 0 saturated carbocycles. The molecule has 1 aliphatic heterocycles. The third kappa shape index (κ3) is 5.11. The Morgan fingerprint density at radius 3 is 2.79 bits per heavy atom. The molecule has 0 spiro atoms. The molecule has 0 N–H and O–H groups in total. The first-order valence-corrected chi connectivity index (χ1v) is 8.27. The highest BCUT2D eigenvalue weighted by molar-refractivity contribution is 5.87. The number of ether oxygens (including phenoxy) is 3. The van der Waals surface area contributed by atoms with Crippen molar-refractivity contribution in [2.75, 3.05) is 6.79 Å². The number of nitro benzene ring substituents is 1. The van der Waals surface area contributed by atoms with E-state index >= 15 is 0 Å². The van der Waals surface area contributed by atoms with Gasteiger partial charge in [0.15, 0.2) is 6.79 Å². The van der Waals surface area contributed by atoms with E-state index in [4.69, 9.17) is 14.2 Å². The summed E-state index contributed by atoms with van der Waals surface area (Å²) in [7, 11) is 0. The monoisotopic (exact) mass is 409 g/mol. The van der Waals surface area contributed by atoms with Crippen LogP contribution < -0.4 is 4.74 Å². The predicted octanol–water partition coefficient (Wildman–Crippen LogP) is 4.24. The number of hydrogen-bond donors (Lipinski definition) is 0. The Bertz CT molecular complexity index is 971. The largest absolute Gasteiger partial charge is 0.467 e. The number of halogens is 3. The first-order chi connectivity index (χ1) is 13.7. The number of benzene rings is 2. The van der Waals surface area contributed by atoms with Gasteiger partial charge in [-0.1, -0.05) is 12.1 Å². The molecule has 2 aromatic rings. The molecule has 0 unspecified atom stereocenters. The lowest BCUT2D eigenvalue weighted by Gasteiger charge is -2.20. The summed E-state index contributed by atoms with van der Waals surface area (Å²) >= 11 is 0. The van der Waals surface area contributed by atoms with E-state index < -0.39 is 22.6 Å². The van der Waals surface area contributed by atoms with Gasteiger partial charge >= 0.3 is 12.1 Å². The lowest BCUT2D eigenvalue weighted by Crippen LogP contribution is -2.14. The van der Waals surface area contributed by atoms with Gasteiger partial charge in [-0.15, -0.1) is 0 Å². The zero-order valence-corrected chi connectivity index (χ0v) is 14.8. The fourth-order valence-corrected chi connectivity index (χ4v) is 2.67. The van der Waals surface area contributed by atoms with E-state index in [0.29, 0.717) is 16.9 Å². The van der Waals surface area contributed by atoms with E-state index in [-0.39, 0.29) is 31.3 Å². The fraction of sp³-hybridized carbons (Fsp3) is 0.211. The molecular formula is C19H14F3NO6. The van der Waals surface area contributed by atoms with Crippen LogP contribution in [0.15, 0.2) is 42.5 Å². The third-order valence-electron chi connectivity index (χ3n) is 3.98. The summed E-state index contributed by atoms with van der Waals surface area (Å²) in [6.45, 7) is -0.232. The minimum atomic E-state index is -4.49. The van der Waals surface area contributed by atoms with Crippen molar-refractivity contribution in [2.45, 2.75) is 19.4 Å². The van der Waals surface area contributed by atoms with Gasteiger partial charge < -0.3 is 14.2 Å². The molecule has 0 saturated heterocycles. The van der Waals surface area contributed by atoms with Crippen LogP contribution >= 0.6 is 0 Å². The Labute approximate surface area is 162 Å². The Kier molecular flexibility index (Phi) is 5.83. The van der Waals surface area contributed by atoms with E-state index in [1.165, 1.54) is 30.3 Å². The molecule has 10 heteroatoms. The molecule has 2 aromatic carbocycles. The van der Waals surface area contributed by atoms with Crippen LogP contribution in [-0.4, -0.2) is 17.7 Å².